The highest BCUT2D eigenvalue weighted by molar-refractivity contribution is 8.09. The number of hydrogen-bond donors (Lipinski definition) is 1. The molecular weight excluding hydrogens is 505 g/mol. The highest BCUT2D eigenvalue weighted by Gasteiger charge is 2.69. The predicted octanol–water partition coefficient (Wildman–Crippen LogP) is 2.69. The van der Waals surface area contributed by atoms with Crippen LogP contribution in [0.3, 0.4) is 0 Å². The second-order valence-electron chi connectivity index (χ2n) is 9.31. The van der Waals surface area contributed by atoms with Crippen LogP contribution in [0.25, 0.3) is 11.2 Å². The molecule has 2 aromatic heterocycles. The fourth-order valence-corrected chi connectivity index (χ4v) is 6.71. The Morgan fingerprint density at radius 3 is 2.69 bits per heavy atom. The van der Waals surface area contributed by atoms with Crippen molar-refractivity contribution in [2.75, 3.05) is 25.6 Å². The van der Waals surface area contributed by atoms with Gasteiger partial charge in [0.2, 0.25) is 0 Å². The first-order valence-corrected chi connectivity index (χ1v) is 13.7. The van der Waals surface area contributed by atoms with E-state index in [0.29, 0.717) is 17.2 Å². The second-order valence-corrected chi connectivity index (χ2v) is 12.5. The molecule has 1 unspecified atom stereocenters. The van der Waals surface area contributed by atoms with Gasteiger partial charge < -0.3 is 23.4 Å². The molecular formula is C20H29F2N6O5PS. The van der Waals surface area contributed by atoms with Crippen LogP contribution in [0.15, 0.2) is 6.33 Å². The molecule has 0 spiro atoms. The Balaban J connectivity index is 1.64. The Morgan fingerprint density at radius 1 is 1.37 bits per heavy atom. The minimum atomic E-state index is -3.47. The number of anilines is 1. The third kappa shape index (κ3) is 4.67. The number of fused-ring (bicyclic) bond motifs is 2. The quantitative estimate of drug-likeness (QED) is 0.436. The van der Waals surface area contributed by atoms with E-state index < -0.39 is 49.1 Å². The lowest BCUT2D eigenvalue weighted by Gasteiger charge is -2.40. The van der Waals surface area contributed by atoms with Crippen LogP contribution in [0, 0.1) is 6.92 Å². The number of nitrogens with zero attached hydrogens (tertiary/aromatic N) is 5. The van der Waals surface area contributed by atoms with Crippen LogP contribution in [0.4, 0.5) is 14.6 Å². The standard InChI is InChI=1S/C20H29F2N6O5PS/c1-10(2)31-16(29)11(3)26-34(35)30-8-20(22)17(33-34)19(5,21)18(32-20)28-9-23-13-14(27(6)7)24-12(4)25-15(13)28/h9-11,17-18H,8H2,1-7H3,(H,26,35)/t11-,17-,18+,19+,20+,34?/m0/s1. The van der Waals surface area contributed by atoms with E-state index in [2.05, 4.69) is 20.0 Å². The number of alkyl halides is 2. The summed E-state index contributed by atoms with van der Waals surface area (Å²) in [5.74, 6) is -2.27. The predicted molar refractivity (Wildman–Crippen MR) is 127 cm³/mol. The van der Waals surface area contributed by atoms with Crippen molar-refractivity contribution in [3.63, 3.8) is 0 Å². The average Bonchev–Trinajstić information content (AvgIpc) is 3.23. The SMILES string of the molecule is Cc1nc(N(C)C)c2ncn([C@@H]3O[C@]4(F)COP(=S)(N[C@@H](C)C(=O)OC(C)C)O[C@H]4[C@@]3(C)F)c2n1. The van der Waals surface area contributed by atoms with E-state index in [1.54, 1.807) is 39.8 Å². The number of ether oxygens (including phenoxy) is 2. The van der Waals surface area contributed by atoms with E-state index in [0.717, 1.165) is 6.92 Å². The molecule has 15 heteroatoms. The molecule has 2 aliphatic heterocycles. The summed E-state index contributed by atoms with van der Waals surface area (Å²) in [5.41, 5.74) is -1.72. The molecule has 1 N–H and O–H groups in total. The Kier molecular flexibility index (Phi) is 6.69. The number of nitrogens with one attached hydrogen (secondary N) is 1. The molecule has 2 aliphatic rings. The summed E-state index contributed by atoms with van der Waals surface area (Å²) in [4.78, 5) is 27.0. The Morgan fingerprint density at radius 2 is 2.06 bits per heavy atom. The van der Waals surface area contributed by atoms with E-state index >= 15 is 8.78 Å². The van der Waals surface area contributed by atoms with Crippen LogP contribution in [0.5, 0.6) is 0 Å². The monoisotopic (exact) mass is 534 g/mol. The van der Waals surface area contributed by atoms with Crippen LogP contribution >= 0.6 is 6.64 Å². The lowest BCUT2D eigenvalue weighted by molar-refractivity contribution is -0.211. The van der Waals surface area contributed by atoms with Gasteiger partial charge in [0.25, 0.3) is 12.5 Å². The van der Waals surface area contributed by atoms with Gasteiger partial charge in [-0.3, -0.25) is 9.36 Å². The average molecular weight is 535 g/mol. The maximum Gasteiger partial charge on any atom is 0.323 e. The lowest BCUT2D eigenvalue weighted by Crippen LogP contribution is -2.52. The van der Waals surface area contributed by atoms with Crippen molar-refractivity contribution in [2.45, 2.75) is 70.6 Å². The molecule has 2 saturated heterocycles. The normalized spacial score (nSPS) is 33.7. The van der Waals surface area contributed by atoms with Crippen molar-refractivity contribution in [1.82, 2.24) is 24.6 Å². The molecule has 4 heterocycles. The van der Waals surface area contributed by atoms with Crippen molar-refractivity contribution >= 4 is 41.4 Å². The fraction of sp³-hybridized carbons (Fsp3) is 0.700. The van der Waals surface area contributed by atoms with E-state index in [9.17, 15) is 4.79 Å². The maximum atomic E-state index is 16.3. The zero-order valence-corrected chi connectivity index (χ0v) is 22.2. The molecule has 0 aliphatic carbocycles. The summed E-state index contributed by atoms with van der Waals surface area (Å²) in [6.45, 7) is 3.60. The third-order valence-corrected chi connectivity index (χ3v) is 8.17. The van der Waals surface area contributed by atoms with Crippen LogP contribution < -0.4 is 9.99 Å². The summed E-state index contributed by atoms with van der Waals surface area (Å²) >= 11 is 5.43. The zero-order chi connectivity index (χ0) is 25.9. The number of hydrogen-bond acceptors (Lipinski definition) is 10. The third-order valence-electron chi connectivity index (χ3n) is 5.62. The van der Waals surface area contributed by atoms with Gasteiger partial charge in [-0.25, -0.2) is 28.8 Å². The van der Waals surface area contributed by atoms with Gasteiger partial charge in [-0.05, 0) is 46.4 Å². The second kappa shape index (κ2) is 8.93. The number of aryl methyl sites for hydroxylation is 1. The van der Waals surface area contributed by atoms with E-state index in [-0.39, 0.29) is 11.8 Å². The van der Waals surface area contributed by atoms with E-state index in [4.69, 9.17) is 30.3 Å². The van der Waals surface area contributed by atoms with Gasteiger partial charge in [0, 0.05) is 14.1 Å². The molecule has 2 fully saturated rings. The first-order valence-electron chi connectivity index (χ1n) is 11.0. The van der Waals surface area contributed by atoms with E-state index in [1.165, 1.54) is 17.8 Å². The summed E-state index contributed by atoms with van der Waals surface area (Å²) in [6.07, 6.45) is -2.25. The first-order chi connectivity index (χ1) is 16.2. The summed E-state index contributed by atoms with van der Waals surface area (Å²) in [5, 5.41) is 2.75. The van der Waals surface area contributed by atoms with Gasteiger partial charge in [-0.1, -0.05) is 0 Å². The van der Waals surface area contributed by atoms with Crippen molar-refractivity contribution in [3.8, 4) is 0 Å². The largest absolute Gasteiger partial charge is 0.462 e. The molecule has 2 aromatic rings. The number of imidazole rings is 1. The van der Waals surface area contributed by atoms with Crippen LogP contribution in [-0.4, -0.2) is 76.0 Å². The molecule has 6 atom stereocenters. The fourth-order valence-electron chi connectivity index (χ4n) is 4.06. The summed E-state index contributed by atoms with van der Waals surface area (Å²) in [6, 6.07) is -0.916. The molecule has 0 aromatic carbocycles. The Hall–Kier alpha value is -1.83. The number of carbonyl (C=O) groups is 1. The van der Waals surface area contributed by atoms with Gasteiger partial charge in [0.05, 0.1) is 12.4 Å². The Bertz CT molecular complexity index is 1200. The van der Waals surface area contributed by atoms with Gasteiger partial charge in [0.15, 0.2) is 35.0 Å². The molecule has 0 saturated carbocycles. The van der Waals surface area contributed by atoms with Gasteiger partial charge in [-0.2, -0.15) is 0 Å². The highest BCUT2D eigenvalue weighted by atomic mass is 32.5. The van der Waals surface area contributed by atoms with E-state index in [1.807, 2.05) is 0 Å². The molecule has 35 heavy (non-hydrogen) atoms. The number of aromatic nitrogens is 4. The molecule has 0 radical (unpaired) electrons. The topological polar surface area (TPSA) is 113 Å². The van der Waals surface area contributed by atoms with Crippen molar-refractivity contribution in [3.05, 3.63) is 12.2 Å². The first kappa shape index (κ1) is 26.2. The maximum absolute atomic E-state index is 16.3. The number of rotatable bonds is 6. The number of carbonyl (C=O) groups excluding carboxylic acids is 1. The van der Waals surface area contributed by atoms with Crippen LogP contribution in [0.1, 0.15) is 39.7 Å². The molecule has 194 valence electrons. The smallest absolute Gasteiger partial charge is 0.323 e. The van der Waals surface area contributed by atoms with Crippen LogP contribution in [0.2, 0.25) is 0 Å². The van der Waals surface area contributed by atoms with Crippen molar-refractivity contribution in [1.29, 1.82) is 0 Å². The molecule has 4 rings (SSSR count). The minimum absolute atomic E-state index is 0.279. The Labute approximate surface area is 206 Å². The zero-order valence-electron chi connectivity index (χ0n) is 20.5. The summed E-state index contributed by atoms with van der Waals surface area (Å²) < 4.78 is 55.4. The lowest BCUT2D eigenvalue weighted by atomic mass is 9.97. The van der Waals surface area contributed by atoms with Gasteiger partial charge in [-0.15, -0.1) is 0 Å². The van der Waals surface area contributed by atoms with Crippen molar-refractivity contribution in [2.24, 2.45) is 0 Å². The van der Waals surface area contributed by atoms with Crippen molar-refractivity contribution < 1.29 is 32.1 Å². The highest BCUT2D eigenvalue weighted by Crippen LogP contribution is 2.61. The molecule has 0 amide bonds. The molecule has 0 bridgehead atoms. The van der Waals surface area contributed by atoms with Gasteiger partial charge >= 0.3 is 5.97 Å². The van der Waals surface area contributed by atoms with Crippen LogP contribution in [-0.2, 0) is 35.1 Å². The molecule has 11 nitrogen and oxygen atoms in total. The summed E-state index contributed by atoms with van der Waals surface area (Å²) in [7, 11) is 3.58. The van der Waals surface area contributed by atoms with Gasteiger partial charge in [0.1, 0.15) is 18.5 Å². The number of halogens is 2. The minimum Gasteiger partial charge on any atom is -0.462 e. The number of esters is 1.